The first-order valence-electron chi connectivity index (χ1n) is 4.70. The van der Waals surface area contributed by atoms with E-state index in [1.54, 1.807) is 0 Å². The van der Waals surface area contributed by atoms with Crippen molar-refractivity contribution in [2.45, 2.75) is 44.3 Å². The van der Waals surface area contributed by atoms with Gasteiger partial charge in [-0.2, -0.15) is 0 Å². The third kappa shape index (κ3) is 1.48. The van der Waals surface area contributed by atoms with Crippen LogP contribution in [0.4, 0.5) is 0 Å². The molecule has 1 saturated carbocycles. The summed E-state index contributed by atoms with van der Waals surface area (Å²) in [6.45, 7) is 3.74. The van der Waals surface area contributed by atoms with E-state index < -0.39 is 0 Å². The highest BCUT2D eigenvalue weighted by Gasteiger charge is 2.42. The first kappa shape index (κ1) is 7.35. The minimum atomic E-state index is 0.401. The van der Waals surface area contributed by atoms with Gasteiger partial charge in [-0.05, 0) is 18.8 Å². The van der Waals surface area contributed by atoms with Gasteiger partial charge in [0, 0.05) is 0 Å². The summed E-state index contributed by atoms with van der Waals surface area (Å²) in [6, 6.07) is 0. The van der Waals surface area contributed by atoms with Crippen LogP contribution in [0, 0.1) is 5.92 Å². The van der Waals surface area contributed by atoms with Gasteiger partial charge in [-0.15, -0.1) is 6.58 Å². The number of epoxide rings is 1. The fourth-order valence-corrected chi connectivity index (χ4v) is 2.17. The Bertz CT molecular complexity index is 147. The van der Waals surface area contributed by atoms with E-state index in [0.717, 1.165) is 5.92 Å². The summed E-state index contributed by atoms with van der Waals surface area (Å²) in [7, 11) is 0. The average molecular weight is 152 g/mol. The number of rotatable bonds is 2. The maximum atomic E-state index is 5.49. The lowest BCUT2D eigenvalue weighted by molar-refractivity contribution is 0.264. The van der Waals surface area contributed by atoms with E-state index >= 15 is 0 Å². The van der Waals surface area contributed by atoms with E-state index in [-0.39, 0.29) is 0 Å². The molecule has 0 amide bonds. The van der Waals surface area contributed by atoms with E-state index in [4.69, 9.17) is 4.74 Å². The lowest BCUT2D eigenvalue weighted by Crippen LogP contribution is -2.13. The third-order valence-corrected chi connectivity index (χ3v) is 2.91. The summed E-state index contributed by atoms with van der Waals surface area (Å²) in [5.74, 6) is 0.853. The highest BCUT2D eigenvalue weighted by molar-refractivity contribution is 5.01. The van der Waals surface area contributed by atoms with E-state index in [9.17, 15) is 0 Å². The Hall–Kier alpha value is -0.300. The Labute approximate surface area is 68.4 Å². The lowest BCUT2D eigenvalue weighted by Gasteiger charge is -2.19. The molecule has 0 bridgehead atoms. The van der Waals surface area contributed by atoms with Crippen molar-refractivity contribution in [3.05, 3.63) is 12.7 Å². The van der Waals surface area contributed by atoms with Crippen molar-refractivity contribution in [2.24, 2.45) is 5.92 Å². The Morgan fingerprint density at radius 2 is 1.91 bits per heavy atom. The van der Waals surface area contributed by atoms with Crippen LogP contribution in [0.5, 0.6) is 0 Å². The molecule has 2 aliphatic rings. The van der Waals surface area contributed by atoms with Crippen molar-refractivity contribution in [3.8, 4) is 0 Å². The smallest absolute Gasteiger partial charge is 0.102 e. The van der Waals surface area contributed by atoms with Gasteiger partial charge in [0.15, 0.2) is 0 Å². The van der Waals surface area contributed by atoms with Crippen LogP contribution in [0.25, 0.3) is 0 Å². The van der Waals surface area contributed by atoms with Crippen LogP contribution in [0.3, 0.4) is 0 Å². The van der Waals surface area contributed by atoms with Crippen LogP contribution in [0.2, 0.25) is 0 Å². The largest absolute Gasteiger partial charge is 0.365 e. The number of hydrogen-bond donors (Lipinski definition) is 0. The van der Waals surface area contributed by atoms with Gasteiger partial charge in [0.2, 0.25) is 0 Å². The number of ether oxygens (including phenoxy) is 1. The summed E-state index contributed by atoms with van der Waals surface area (Å²) >= 11 is 0. The standard InChI is InChI=1S/C10H16O/c1-2-9-10(11-9)8-6-4-3-5-7-8/h2,8-10H,1,3-7H2/t9-,10+/m0/s1. The quantitative estimate of drug-likeness (QED) is 0.437. The summed E-state index contributed by atoms with van der Waals surface area (Å²) in [5, 5.41) is 0. The van der Waals surface area contributed by atoms with Gasteiger partial charge in [-0.25, -0.2) is 0 Å². The molecule has 1 aliphatic heterocycles. The van der Waals surface area contributed by atoms with Crippen molar-refractivity contribution in [1.82, 2.24) is 0 Å². The van der Waals surface area contributed by atoms with Gasteiger partial charge in [-0.1, -0.05) is 25.3 Å². The van der Waals surface area contributed by atoms with Gasteiger partial charge < -0.3 is 4.74 Å². The molecule has 0 spiro atoms. The second kappa shape index (κ2) is 2.98. The molecular weight excluding hydrogens is 136 g/mol. The zero-order valence-corrected chi connectivity index (χ0v) is 6.96. The van der Waals surface area contributed by atoms with Crippen LogP contribution in [-0.2, 0) is 4.74 Å². The van der Waals surface area contributed by atoms with Crippen molar-refractivity contribution in [3.63, 3.8) is 0 Å². The van der Waals surface area contributed by atoms with Crippen LogP contribution >= 0.6 is 0 Å². The molecule has 0 aromatic carbocycles. The van der Waals surface area contributed by atoms with Crippen molar-refractivity contribution < 1.29 is 4.74 Å². The molecule has 1 heteroatoms. The van der Waals surface area contributed by atoms with Gasteiger partial charge >= 0.3 is 0 Å². The second-order valence-corrected chi connectivity index (χ2v) is 3.70. The topological polar surface area (TPSA) is 12.5 Å². The fraction of sp³-hybridized carbons (Fsp3) is 0.800. The molecule has 2 rings (SSSR count). The molecule has 2 atom stereocenters. The summed E-state index contributed by atoms with van der Waals surface area (Å²) < 4.78 is 5.49. The molecule has 0 unspecified atom stereocenters. The molecule has 1 heterocycles. The first-order valence-corrected chi connectivity index (χ1v) is 4.70. The zero-order valence-electron chi connectivity index (χ0n) is 6.96. The predicted molar refractivity (Wildman–Crippen MR) is 45.4 cm³/mol. The maximum Gasteiger partial charge on any atom is 0.102 e. The molecule has 11 heavy (non-hydrogen) atoms. The average Bonchev–Trinajstić information content (AvgIpc) is 2.85. The van der Waals surface area contributed by atoms with Crippen molar-refractivity contribution in [1.29, 1.82) is 0 Å². The summed E-state index contributed by atoms with van der Waals surface area (Å²) in [4.78, 5) is 0. The number of hydrogen-bond acceptors (Lipinski definition) is 1. The SMILES string of the molecule is C=C[C@@H]1O[C@@H]1C1CCCCC1. The Balaban J connectivity index is 1.81. The third-order valence-electron chi connectivity index (χ3n) is 2.91. The van der Waals surface area contributed by atoms with Crippen LogP contribution in [0.1, 0.15) is 32.1 Å². The normalized spacial score (nSPS) is 38.5. The highest BCUT2D eigenvalue weighted by atomic mass is 16.6. The Morgan fingerprint density at radius 3 is 2.45 bits per heavy atom. The van der Waals surface area contributed by atoms with Crippen molar-refractivity contribution in [2.75, 3.05) is 0 Å². The Kier molecular flexibility index (Phi) is 1.99. The summed E-state index contributed by atoms with van der Waals surface area (Å²) in [6.07, 6.45) is 9.92. The minimum absolute atomic E-state index is 0.401. The molecule has 0 N–H and O–H groups in total. The molecule has 0 aromatic heterocycles. The van der Waals surface area contributed by atoms with Gasteiger partial charge in [0.25, 0.3) is 0 Å². The molecule has 1 saturated heterocycles. The van der Waals surface area contributed by atoms with Crippen LogP contribution in [-0.4, -0.2) is 12.2 Å². The Morgan fingerprint density at radius 1 is 1.18 bits per heavy atom. The van der Waals surface area contributed by atoms with E-state index in [2.05, 4.69) is 6.58 Å². The van der Waals surface area contributed by atoms with Crippen LogP contribution < -0.4 is 0 Å². The predicted octanol–water partition coefficient (Wildman–Crippen LogP) is 2.52. The molecule has 1 aliphatic carbocycles. The lowest BCUT2D eigenvalue weighted by atomic mass is 9.86. The van der Waals surface area contributed by atoms with E-state index in [1.165, 1.54) is 32.1 Å². The molecule has 1 nitrogen and oxygen atoms in total. The highest BCUT2D eigenvalue weighted by Crippen LogP contribution is 2.38. The zero-order chi connectivity index (χ0) is 7.68. The fourth-order valence-electron chi connectivity index (χ4n) is 2.17. The molecule has 0 radical (unpaired) electrons. The molecule has 0 aromatic rings. The van der Waals surface area contributed by atoms with E-state index in [0.29, 0.717) is 12.2 Å². The van der Waals surface area contributed by atoms with Gasteiger partial charge in [-0.3, -0.25) is 0 Å². The van der Waals surface area contributed by atoms with E-state index in [1.807, 2.05) is 6.08 Å². The monoisotopic (exact) mass is 152 g/mol. The van der Waals surface area contributed by atoms with Gasteiger partial charge in [0.1, 0.15) is 6.10 Å². The second-order valence-electron chi connectivity index (χ2n) is 3.70. The molecular formula is C10H16O. The first-order chi connectivity index (χ1) is 5.42. The molecule has 62 valence electrons. The maximum absolute atomic E-state index is 5.49. The minimum Gasteiger partial charge on any atom is -0.365 e. The van der Waals surface area contributed by atoms with Crippen molar-refractivity contribution >= 4 is 0 Å². The summed E-state index contributed by atoms with van der Waals surface area (Å²) in [5.41, 5.74) is 0. The van der Waals surface area contributed by atoms with Gasteiger partial charge in [0.05, 0.1) is 6.10 Å². The molecule has 2 fully saturated rings. The van der Waals surface area contributed by atoms with Crippen LogP contribution in [0.15, 0.2) is 12.7 Å².